The van der Waals surface area contributed by atoms with Gasteiger partial charge in [-0.15, -0.1) is 0 Å². The Balaban J connectivity index is 1.93. The van der Waals surface area contributed by atoms with Crippen molar-refractivity contribution in [3.05, 3.63) is 66.3 Å². The highest BCUT2D eigenvalue weighted by Gasteiger charge is 2.33. The third kappa shape index (κ3) is 4.40. The molecule has 0 bridgehead atoms. The first-order chi connectivity index (χ1) is 10.5. The minimum Gasteiger partial charge on any atom is -0.485 e. The number of hydrogen-bond donors (Lipinski definition) is 1. The molecule has 116 valence electrons. The van der Waals surface area contributed by atoms with Gasteiger partial charge in [0, 0.05) is 7.11 Å². The topological polar surface area (TPSA) is 55.8 Å². The molecular weight excluding hydrogens is 348 g/mol. The number of alkyl halides is 1. The lowest BCUT2D eigenvalue weighted by atomic mass is 10.0. The second-order valence-electron chi connectivity index (χ2n) is 4.75. The van der Waals surface area contributed by atoms with Crippen LogP contribution in [0.3, 0.4) is 0 Å². The second kappa shape index (κ2) is 7.54. The van der Waals surface area contributed by atoms with Gasteiger partial charge in [-0.05, 0) is 45.8 Å². The summed E-state index contributed by atoms with van der Waals surface area (Å²) in [7, 11) is 1.49. The molecule has 2 rings (SSSR count). The first-order valence-corrected chi connectivity index (χ1v) is 7.55. The van der Waals surface area contributed by atoms with Crippen molar-refractivity contribution in [3.63, 3.8) is 0 Å². The number of aliphatic hydroxyl groups is 1. The van der Waals surface area contributed by atoms with Crippen molar-refractivity contribution in [2.45, 2.75) is 10.6 Å². The lowest BCUT2D eigenvalue weighted by molar-refractivity contribution is -0.116. The fourth-order valence-electron chi connectivity index (χ4n) is 1.89. The molecule has 0 saturated carbocycles. The van der Waals surface area contributed by atoms with Crippen LogP contribution in [0.25, 0.3) is 0 Å². The average molecular weight is 365 g/mol. The monoisotopic (exact) mass is 364 g/mol. The van der Waals surface area contributed by atoms with Crippen LogP contribution in [-0.2, 0) is 9.53 Å². The molecular formula is C17H17BrO4. The van der Waals surface area contributed by atoms with Gasteiger partial charge in [-0.2, -0.15) is 0 Å². The van der Waals surface area contributed by atoms with Crippen molar-refractivity contribution in [1.82, 2.24) is 0 Å². The number of aliphatic hydroxyl groups excluding tert-OH is 1. The second-order valence-corrected chi connectivity index (χ2v) is 5.99. The first-order valence-electron chi connectivity index (χ1n) is 6.75. The molecule has 0 saturated heterocycles. The Morgan fingerprint density at radius 1 is 1.41 bits per heavy atom. The van der Waals surface area contributed by atoms with E-state index in [2.05, 4.69) is 15.9 Å². The first kappa shape index (κ1) is 16.7. The summed E-state index contributed by atoms with van der Waals surface area (Å²) < 4.78 is 9.64. The van der Waals surface area contributed by atoms with Crippen LogP contribution in [0.15, 0.2) is 66.3 Å². The van der Waals surface area contributed by atoms with Gasteiger partial charge in [-0.25, -0.2) is 0 Å². The van der Waals surface area contributed by atoms with Crippen LogP contribution >= 0.6 is 15.9 Å². The normalized spacial score (nSPS) is 24.3. The summed E-state index contributed by atoms with van der Waals surface area (Å²) in [5, 5.41) is 9.82. The van der Waals surface area contributed by atoms with Gasteiger partial charge in [-0.1, -0.05) is 36.4 Å². The van der Waals surface area contributed by atoms with E-state index in [1.165, 1.54) is 13.2 Å². The SMILES string of the molecule is COC1(Br)C=C(C=CC(=O)COc2ccccc2)C=CC1O. The Kier molecular flexibility index (Phi) is 5.71. The largest absolute Gasteiger partial charge is 0.485 e. The van der Waals surface area contributed by atoms with E-state index in [0.717, 1.165) is 5.57 Å². The zero-order valence-corrected chi connectivity index (χ0v) is 13.7. The number of hydrogen-bond acceptors (Lipinski definition) is 4. The molecule has 0 spiro atoms. The Morgan fingerprint density at radius 3 is 2.82 bits per heavy atom. The quantitative estimate of drug-likeness (QED) is 0.622. The van der Waals surface area contributed by atoms with E-state index in [0.29, 0.717) is 5.75 Å². The molecule has 2 unspecified atom stereocenters. The molecule has 1 aromatic rings. The van der Waals surface area contributed by atoms with E-state index in [1.54, 1.807) is 36.4 Å². The van der Waals surface area contributed by atoms with E-state index in [9.17, 15) is 9.90 Å². The van der Waals surface area contributed by atoms with Crippen molar-refractivity contribution in [3.8, 4) is 5.75 Å². The summed E-state index contributed by atoms with van der Waals surface area (Å²) in [6.07, 6.45) is 7.35. The van der Waals surface area contributed by atoms with Gasteiger partial charge >= 0.3 is 0 Å². The van der Waals surface area contributed by atoms with E-state index in [-0.39, 0.29) is 12.4 Å². The number of ketones is 1. The number of methoxy groups -OCH3 is 1. The Bertz CT molecular complexity index is 606. The maximum atomic E-state index is 11.8. The van der Waals surface area contributed by atoms with E-state index in [1.807, 2.05) is 18.2 Å². The van der Waals surface area contributed by atoms with Gasteiger partial charge in [0.25, 0.3) is 0 Å². The predicted octanol–water partition coefficient (Wildman–Crippen LogP) is 2.79. The van der Waals surface area contributed by atoms with Gasteiger partial charge in [0.1, 0.15) is 11.9 Å². The van der Waals surface area contributed by atoms with Crippen LogP contribution < -0.4 is 4.74 Å². The molecule has 0 aliphatic heterocycles. The lowest BCUT2D eigenvalue weighted by Crippen LogP contribution is -2.36. The van der Waals surface area contributed by atoms with E-state index >= 15 is 0 Å². The third-order valence-electron chi connectivity index (χ3n) is 3.14. The Labute approximate surface area is 137 Å². The van der Waals surface area contributed by atoms with Gasteiger partial charge in [0.2, 0.25) is 0 Å². The Hall–Kier alpha value is -1.69. The smallest absolute Gasteiger partial charge is 0.193 e. The maximum absolute atomic E-state index is 11.8. The molecule has 1 aliphatic rings. The van der Waals surface area contributed by atoms with Crippen LogP contribution in [0.4, 0.5) is 0 Å². The summed E-state index contributed by atoms with van der Waals surface area (Å²) in [5.41, 5.74) is 0.761. The van der Waals surface area contributed by atoms with Gasteiger partial charge in [0.05, 0.1) is 0 Å². The van der Waals surface area contributed by atoms with Crippen molar-refractivity contribution in [2.24, 2.45) is 0 Å². The Morgan fingerprint density at radius 2 is 2.14 bits per heavy atom. The zero-order valence-electron chi connectivity index (χ0n) is 12.1. The lowest BCUT2D eigenvalue weighted by Gasteiger charge is -2.29. The minimum absolute atomic E-state index is 0.0239. The molecule has 1 aliphatic carbocycles. The highest BCUT2D eigenvalue weighted by Crippen LogP contribution is 2.31. The van der Waals surface area contributed by atoms with E-state index < -0.39 is 10.6 Å². The molecule has 4 nitrogen and oxygen atoms in total. The number of halogens is 1. The van der Waals surface area contributed by atoms with Gasteiger partial charge in [0.15, 0.2) is 16.9 Å². The molecule has 0 fully saturated rings. The minimum atomic E-state index is -0.967. The fraction of sp³-hybridized carbons (Fsp3) is 0.235. The summed E-state index contributed by atoms with van der Waals surface area (Å²) >= 11 is 3.33. The molecule has 2 atom stereocenters. The standard InChI is InChI=1S/C17H17BrO4/c1-21-17(18)11-13(8-10-16(17)20)7-9-14(19)12-22-15-5-3-2-4-6-15/h2-11,16,20H,12H2,1H3. The van der Waals surface area contributed by atoms with Gasteiger partial charge < -0.3 is 14.6 Å². The summed E-state index contributed by atoms with van der Waals surface area (Å²) in [4.78, 5) is 11.8. The number of ether oxygens (including phenoxy) is 2. The highest BCUT2D eigenvalue weighted by molar-refractivity contribution is 9.10. The average Bonchev–Trinajstić information content (AvgIpc) is 2.55. The van der Waals surface area contributed by atoms with Crippen LogP contribution in [0.1, 0.15) is 0 Å². The molecule has 1 N–H and O–H groups in total. The van der Waals surface area contributed by atoms with Crippen LogP contribution in [0.2, 0.25) is 0 Å². The molecule has 5 heteroatoms. The van der Waals surface area contributed by atoms with Crippen molar-refractivity contribution in [2.75, 3.05) is 13.7 Å². The number of benzene rings is 1. The molecule has 0 heterocycles. The van der Waals surface area contributed by atoms with Crippen LogP contribution in [0.5, 0.6) is 5.75 Å². The molecule has 22 heavy (non-hydrogen) atoms. The van der Waals surface area contributed by atoms with Crippen molar-refractivity contribution in [1.29, 1.82) is 0 Å². The summed E-state index contributed by atoms with van der Waals surface area (Å²) in [5.74, 6) is 0.505. The number of allylic oxidation sites excluding steroid dienone is 3. The number of carbonyl (C=O) groups excluding carboxylic acids is 1. The van der Waals surface area contributed by atoms with E-state index in [4.69, 9.17) is 9.47 Å². The van der Waals surface area contributed by atoms with Crippen molar-refractivity contribution < 1.29 is 19.4 Å². The molecule has 0 radical (unpaired) electrons. The predicted molar refractivity (Wildman–Crippen MR) is 88.0 cm³/mol. The molecule has 0 aromatic heterocycles. The third-order valence-corrected chi connectivity index (χ3v) is 4.16. The molecule has 1 aromatic carbocycles. The van der Waals surface area contributed by atoms with Gasteiger partial charge in [-0.3, -0.25) is 4.79 Å². The highest BCUT2D eigenvalue weighted by atomic mass is 79.9. The maximum Gasteiger partial charge on any atom is 0.193 e. The number of para-hydroxylation sites is 1. The molecule has 0 amide bonds. The van der Waals surface area contributed by atoms with Crippen molar-refractivity contribution >= 4 is 21.7 Å². The number of carbonyl (C=O) groups is 1. The van der Waals surface area contributed by atoms with Crippen LogP contribution in [0, 0.1) is 0 Å². The zero-order chi connectivity index (χ0) is 16.0. The fourth-order valence-corrected chi connectivity index (χ4v) is 2.30. The summed E-state index contributed by atoms with van der Waals surface area (Å²) in [6, 6.07) is 9.16. The number of rotatable bonds is 6. The summed E-state index contributed by atoms with van der Waals surface area (Å²) in [6.45, 7) is -0.0239. The van der Waals surface area contributed by atoms with Crippen LogP contribution in [-0.4, -0.2) is 35.2 Å².